The van der Waals surface area contributed by atoms with Gasteiger partial charge in [0, 0.05) is 33.9 Å². The van der Waals surface area contributed by atoms with Gasteiger partial charge in [-0.25, -0.2) is 0 Å². The Bertz CT molecular complexity index is 1450. The SMILES string of the molecule is OC1C(c2ncc3cccc4c3c2NC(=S)N4)C(O)C1c1ncc2cccc3c2c1NC(=S)N3. The highest BCUT2D eigenvalue weighted by molar-refractivity contribution is 7.81. The van der Waals surface area contributed by atoms with Crippen molar-refractivity contribution in [1.29, 1.82) is 0 Å². The second kappa shape index (κ2) is 7.03. The molecule has 1 saturated carbocycles. The zero-order valence-electron chi connectivity index (χ0n) is 17.5. The lowest BCUT2D eigenvalue weighted by Crippen LogP contribution is -2.53. The molecule has 0 saturated heterocycles. The van der Waals surface area contributed by atoms with Crippen molar-refractivity contribution in [2.24, 2.45) is 0 Å². The Labute approximate surface area is 204 Å². The van der Waals surface area contributed by atoms with Crippen molar-refractivity contribution in [2.75, 3.05) is 21.3 Å². The molecule has 4 aromatic rings. The van der Waals surface area contributed by atoms with Gasteiger partial charge in [0.2, 0.25) is 0 Å². The molecule has 0 radical (unpaired) electrons. The van der Waals surface area contributed by atoms with Gasteiger partial charge < -0.3 is 31.5 Å². The molecule has 1 aliphatic carbocycles. The predicted octanol–water partition coefficient (Wildman–Crippen LogP) is 3.63. The first-order valence-electron chi connectivity index (χ1n) is 10.9. The molecule has 4 heterocycles. The zero-order valence-corrected chi connectivity index (χ0v) is 19.2. The van der Waals surface area contributed by atoms with E-state index >= 15 is 0 Å². The van der Waals surface area contributed by atoms with E-state index in [4.69, 9.17) is 24.4 Å². The van der Waals surface area contributed by atoms with Gasteiger partial charge >= 0.3 is 0 Å². The normalized spacial score (nSPS) is 24.6. The van der Waals surface area contributed by atoms with Gasteiger partial charge in [0.15, 0.2) is 10.2 Å². The van der Waals surface area contributed by atoms with Crippen LogP contribution in [0.15, 0.2) is 48.8 Å². The van der Waals surface area contributed by atoms with Crippen molar-refractivity contribution < 1.29 is 10.2 Å². The number of hydrogen-bond donors (Lipinski definition) is 6. The van der Waals surface area contributed by atoms with Crippen LogP contribution < -0.4 is 21.3 Å². The quantitative estimate of drug-likeness (QED) is 0.235. The second-order valence-corrected chi connectivity index (χ2v) is 9.58. The lowest BCUT2D eigenvalue weighted by molar-refractivity contribution is -0.0807. The number of aromatic nitrogens is 2. The largest absolute Gasteiger partial charge is 0.392 e. The summed E-state index contributed by atoms with van der Waals surface area (Å²) in [7, 11) is 0. The molecule has 10 heteroatoms. The number of thiocarbonyl (C=S) groups is 2. The summed E-state index contributed by atoms with van der Waals surface area (Å²) in [6, 6.07) is 11.7. The molecule has 0 spiro atoms. The molecule has 0 amide bonds. The van der Waals surface area contributed by atoms with Gasteiger partial charge in [0.1, 0.15) is 0 Å². The van der Waals surface area contributed by atoms with E-state index in [9.17, 15) is 10.2 Å². The van der Waals surface area contributed by atoms with Crippen LogP contribution in [-0.4, -0.2) is 42.6 Å². The summed E-state index contributed by atoms with van der Waals surface area (Å²) in [6.07, 6.45) is 1.73. The van der Waals surface area contributed by atoms with Crippen LogP contribution in [0.3, 0.4) is 0 Å². The molecule has 8 nitrogen and oxygen atoms in total. The third kappa shape index (κ3) is 2.65. The van der Waals surface area contributed by atoms with Gasteiger partial charge in [-0.3, -0.25) is 9.97 Å². The Morgan fingerprint density at radius 3 is 1.53 bits per heavy atom. The minimum atomic E-state index is -0.896. The Kier molecular flexibility index (Phi) is 4.13. The van der Waals surface area contributed by atoms with E-state index in [2.05, 4.69) is 31.2 Å². The predicted molar refractivity (Wildman–Crippen MR) is 141 cm³/mol. The summed E-state index contributed by atoms with van der Waals surface area (Å²) in [5, 5.41) is 40.0. The molecule has 7 rings (SSSR count). The van der Waals surface area contributed by atoms with Crippen molar-refractivity contribution in [2.45, 2.75) is 24.0 Å². The molecular formula is C24H18N6O2S2. The number of hydrogen-bond acceptors (Lipinski definition) is 6. The average molecular weight is 487 g/mol. The molecule has 0 bridgehead atoms. The minimum absolute atomic E-state index is 0.451. The van der Waals surface area contributed by atoms with Crippen LogP contribution in [0.2, 0.25) is 0 Å². The number of anilines is 4. The van der Waals surface area contributed by atoms with Gasteiger partial charge in [-0.15, -0.1) is 0 Å². The number of nitrogens with one attached hydrogen (secondary N) is 4. The molecule has 6 N–H and O–H groups in total. The van der Waals surface area contributed by atoms with Crippen molar-refractivity contribution in [1.82, 2.24) is 9.97 Å². The van der Waals surface area contributed by atoms with E-state index in [1.165, 1.54) is 0 Å². The molecule has 2 aliphatic heterocycles. The van der Waals surface area contributed by atoms with Crippen LogP contribution in [0.5, 0.6) is 0 Å². The lowest BCUT2D eigenvalue weighted by Gasteiger charge is -2.47. The van der Waals surface area contributed by atoms with Crippen molar-refractivity contribution >= 4 is 79.0 Å². The smallest absolute Gasteiger partial charge is 0.175 e. The van der Waals surface area contributed by atoms with Crippen LogP contribution in [0.1, 0.15) is 23.2 Å². The molecule has 3 aliphatic rings. The first-order chi connectivity index (χ1) is 16.5. The minimum Gasteiger partial charge on any atom is -0.392 e. The van der Waals surface area contributed by atoms with Crippen molar-refractivity contribution in [3.05, 3.63) is 60.2 Å². The molecule has 2 aromatic carbocycles. The summed E-state index contributed by atoms with van der Waals surface area (Å²) in [6.45, 7) is 0. The number of aliphatic hydroxyl groups excluding tert-OH is 2. The van der Waals surface area contributed by atoms with Crippen molar-refractivity contribution in [3.63, 3.8) is 0 Å². The number of rotatable bonds is 2. The Hall–Kier alpha value is -3.44. The summed E-state index contributed by atoms with van der Waals surface area (Å²) in [5.74, 6) is -1.20. The number of nitrogens with zero attached hydrogens (tertiary/aromatic N) is 2. The van der Waals surface area contributed by atoms with Gasteiger partial charge in [-0.2, -0.15) is 0 Å². The Morgan fingerprint density at radius 2 is 1.09 bits per heavy atom. The first kappa shape index (κ1) is 20.0. The van der Waals surface area contributed by atoms with E-state index in [0.29, 0.717) is 21.6 Å². The first-order valence-corrected chi connectivity index (χ1v) is 11.7. The molecule has 0 unspecified atom stereocenters. The van der Waals surface area contributed by atoms with E-state index in [0.717, 1.165) is 44.3 Å². The third-order valence-electron chi connectivity index (χ3n) is 6.97. The maximum absolute atomic E-state index is 11.3. The monoisotopic (exact) mass is 486 g/mol. The average Bonchev–Trinajstić information content (AvgIpc) is 2.82. The molecule has 2 aromatic heterocycles. The highest BCUT2D eigenvalue weighted by Gasteiger charge is 2.54. The Morgan fingerprint density at radius 1 is 0.647 bits per heavy atom. The number of pyridine rings is 2. The fraction of sp³-hybridized carbons (Fsp3) is 0.167. The van der Waals surface area contributed by atoms with E-state index in [1.807, 2.05) is 36.4 Å². The van der Waals surface area contributed by atoms with Gasteiger partial charge in [0.05, 0.1) is 58.2 Å². The van der Waals surface area contributed by atoms with Gasteiger partial charge in [-0.1, -0.05) is 24.3 Å². The fourth-order valence-corrected chi connectivity index (χ4v) is 5.85. The molecular weight excluding hydrogens is 468 g/mol. The van der Waals surface area contributed by atoms with Gasteiger partial charge in [0.25, 0.3) is 0 Å². The molecule has 0 atom stereocenters. The van der Waals surface area contributed by atoms with Gasteiger partial charge in [-0.05, 0) is 36.6 Å². The van der Waals surface area contributed by atoms with Crippen LogP contribution in [0.4, 0.5) is 22.7 Å². The highest BCUT2D eigenvalue weighted by Crippen LogP contribution is 2.53. The highest BCUT2D eigenvalue weighted by atomic mass is 32.1. The molecule has 168 valence electrons. The summed E-state index contributed by atoms with van der Waals surface area (Å²) >= 11 is 10.8. The fourth-order valence-electron chi connectivity index (χ4n) is 5.43. The second-order valence-electron chi connectivity index (χ2n) is 8.77. The maximum atomic E-state index is 11.3. The number of benzene rings is 2. The molecule has 1 fully saturated rings. The maximum Gasteiger partial charge on any atom is 0.175 e. The summed E-state index contributed by atoms with van der Waals surface area (Å²) in [4.78, 5) is 9.26. The Balaban J connectivity index is 1.34. The topological polar surface area (TPSA) is 114 Å². The van der Waals surface area contributed by atoms with Crippen LogP contribution >= 0.6 is 24.4 Å². The zero-order chi connectivity index (χ0) is 23.1. The lowest BCUT2D eigenvalue weighted by atomic mass is 9.64. The third-order valence-corrected chi connectivity index (χ3v) is 7.38. The summed E-state index contributed by atoms with van der Waals surface area (Å²) in [5.41, 5.74) is 4.35. The number of aliphatic hydroxyl groups is 2. The van der Waals surface area contributed by atoms with E-state index in [-0.39, 0.29) is 0 Å². The van der Waals surface area contributed by atoms with E-state index < -0.39 is 24.0 Å². The van der Waals surface area contributed by atoms with E-state index in [1.54, 1.807) is 12.4 Å². The van der Waals surface area contributed by atoms with Crippen LogP contribution in [0, 0.1) is 0 Å². The van der Waals surface area contributed by atoms with Crippen LogP contribution in [-0.2, 0) is 0 Å². The molecule has 34 heavy (non-hydrogen) atoms. The van der Waals surface area contributed by atoms with Crippen LogP contribution in [0.25, 0.3) is 21.5 Å². The summed E-state index contributed by atoms with van der Waals surface area (Å²) < 4.78 is 0. The van der Waals surface area contributed by atoms with Crippen molar-refractivity contribution in [3.8, 4) is 0 Å². The standard InChI is InChI=1S/C24H18N6O2S2/c31-21-15(17-19-13-9(7-25-17)3-1-5-11(13)27-23(33)29-19)22(32)16(21)18-20-14-10(8-26-18)4-2-6-12(14)28-24(34)30-20/h1-8,15-16,21-22,31-32H,(H2,27,29,33)(H2,28,30,34).